The molecule has 2 aliphatic rings. The maximum Gasteiger partial charge on any atom is 4.00 e. The fraction of sp³-hybridized carbons (Fsp3) is 0.545. The van der Waals surface area contributed by atoms with Crippen molar-refractivity contribution in [2.75, 3.05) is 66.1 Å². The second-order valence-electron chi connectivity index (χ2n) is 14.7. The third kappa shape index (κ3) is 27.9. The van der Waals surface area contributed by atoms with E-state index in [4.69, 9.17) is 28.4 Å². The number of unbranched alkanes of at least 4 members (excludes halogenated alkanes) is 2. The van der Waals surface area contributed by atoms with Crippen LogP contribution in [0.1, 0.15) is 52.4 Å². The molecule has 0 N–H and O–H groups in total. The van der Waals surface area contributed by atoms with Crippen molar-refractivity contribution >= 4 is 16.1 Å². The average Bonchev–Trinajstić information content (AvgIpc) is 3.89. The van der Waals surface area contributed by atoms with Crippen molar-refractivity contribution in [3.8, 4) is 11.5 Å². The normalized spacial score (nSPS) is 12.9. The third-order valence-corrected chi connectivity index (χ3v) is 11.6. The van der Waals surface area contributed by atoms with Crippen molar-refractivity contribution in [3.05, 3.63) is 107 Å². The zero-order valence-corrected chi connectivity index (χ0v) is 39.0. The molecule has 2 aliphatic carbocycles. The molecule has 2 aromatic carbocycles. The first kappa shape index (κ1) is 54.7. The number of allylic oxidation sites excluding steroid dienone is 8. The van der Waals surface area contributed by atoms with Crippen LogP contribution in [0.5, 0.6) is 11.5 Å². The van der Waals surface area contributed by atoms with Crippen LogP contribution in [0.15, 0.2) is 59.0 Å². The van der Waals surface area contributed by atoms with Crippen LogP contribution in [0.3, 0.4) is 0 Å². The van der Waals surface area contributed by atoms with Crippen LogP contribution in [0, 0.1) is 47.6 Å². The van der Waals surface area contributed by atoms with E-state index < -0.39 is 39.4 Å². The summed E-state index contributed by atoms with van der Waals surface area (Å²) < 4.78 is 82.7. The first-order valence-electron chi connectivity index (χ1n) is 19.6. The molecule has 0 radical (unpaired) electrons. The molecular weight excluding hydrogens is 805 g/mol. The van der Waals surface area contributed by atoms with E-state index >= 15 is 0 Å². The molecule has 0 heterocycles. The van der Waals surface area contributed by atoms with E-state index in [1.54, 1.807) is 0 Å². The Labute approximate surface area is 358 Å². The fourth-order valence-corrected chi connectivity index (χ4v) is 6.98. The van der Waals surface area contributed by atoms with E-state index in [1.165, 1.54) is 22.5 Å². The van der Waals surface area contributed by atoms with Crippen LogP contribution in [0.4, 0.5) is 17.6 Å². The summed E-state index contributed by atoms with van der Waals surface area (Å²) in [7, 11) is -2.01. The maximum absolute atomic E-state index is 13.1. The van der Waals surface area contributed by atoms with Crippen molar-refractivity contribution in [1.82, 2.24) is 0 Å². The zero-order valence-electron chi connectivity index (χ0n) is 35.4. The first-order chi connectivity index (χ1) is 26.7. The second kappa shape index (κ2) is 32.5. The van der Waals surface area contributed by atoms with Gasteiger partial charge in [0, 0.05) is 52.5 Å². The number of benzene rings is 2. The Morgan fingerprint density at radius 3 is 1.11 bits per heavy atom. The molecule has 0 saturated carbocycles. The van der Waals surface area contributed by atoms with Gasteiger partial charge in [0.2, 0.25) is 0 Å². The topological polar surface area (TPSA) is 55.4 Å². The van der Waals surface area contributed by atoms with Crippen LogP contribution < -0.4 is 9.47 Å². The Bertz CT molecular complexity index is 1370. The number of halogens is 4. The summed E-state index contributed by atoms with van der Waals surface area (Å²) in [5.74, 6) is -3.20. The van der Waals surface area contributed by atoms with Gasteiger partial charge in [-0.1, -0.05) is 66.0 Å². The largest absolute Gasteiger partial charge is 4.00 e. The monoisotopic (exact) mass is 868 g/mol. The standard InChI is InChI=1S/2C14H19F2O3.2C8H13Si.Ti/c2*1-2-3-6-17-7-8-18-9-10-19-14-5-4-12(15)11-13(14)16;2*1-9(2,3)8-6-4-5-7-8;/h2*4-5H,2-3,6-10H2,1H3;2*4,6H,5H2,1-3H3;/q4*-1;+4. The Balaban J connectivity index is 0.000000770. The molecule has 0 amide bonds. The van der Waals surface area contributed by atoms with Crippen molar-refractivity contribution in [2.45, 2.75) is 91.7 Å². The molecule has 0 unspecified atom stereocenters. The molecule has 0 aliphatic heterocycles. The van der Waals surface area contributed by atoms with Crippen molar-refractivity contribution in [3.63, 3.8) is 0 Å². The Hall–Kier alpha value is -2.29. The summed E-state index contributed by atoms with van der Waals surface area (Å²) in [6.45, 7) is 22.9. The van der Waals surface area contributed by atoms with Gasteiger partial charge in [0.25, 0.3) is 0 Å². The minimum absolute atomic E-state index is 0. The average molecular weight is 869 g/mol. The van der Waals surface area contributed by atoms with Crippen LogP contribution in [0.2, 0.25) is 39.3 Å². The number of hydrogen-bond acceptors (Lipinski definition) is 6. The van der Waals surface area contributed by atoms with E-state index in [2.05, 4.69) is 89.6 Å². The van der Waals surface area contributed by atoms with E-state index in [0.29, 0.717) is 39.6 Å². The van der Waals surface area contributed by atoms with Gasteiger partial charge in [-0.15, -0.1) is 49.2 Å². The third-order valence-electron chi connectivity index (χ3n) is 7.66. The van der Waals surface area contributed by atoms with Crippen LogP contribution >= 0.6 is 0 Å². The van der Waals surface area contributed by atoms with Gasteiger partial charge in [0.05, 0.1) is 64.5 Å². The molecule has 0 aromatic heterocycles. The van der Waals surface area contributed by atoms with E-state index in [-0.39, 0.29) is 46.4 Å². The van der Waals surface area contributed by atoms with Crippen molar-refractivity contribution in [2.24, 2.45) is 0 Å². The summed E-state index contributed by atoms with van der Waals surface area (Å²) >= 11 is 0. The van der Waals surface area contributed by atoms with Gasteiger partial charge in [0.15, 0.2) is 0 Å². The molecule has 13 heteroatoms. The summed E-state index contributed by atoms with van der Waals surface area (Å²) in [5, 5.41) is 2.98. The van der Waals surface area contributed by atoms with E-state index in [0.717, 1.165) is 63.9 Å². The van der Waals surface area contributed by atoms with Gasteiger partial charge in [-0.3, -0.25) is 12.2 Å². The van der Waals surface area contributed by atoms with Crippen molar-refractivity contribution in [1.29, 1.82) is 0 Å². The molecule has 4 rings (SSSR count). The second-order valence-corrected chi connectivity index (χ2v) is 24.8. The van der Waals surface area contributed by atoms with Gasteiger partial charge < -0.3 is 28.4 Å². The smallest absolute Gasteiger partial charge is 0.546 e. The molecule has 2 aromatic rings. The molecular formula is C44H64F4O6Si2Ti. The number of ether oxygens (including phenoxy) is 6. The molecule has 0 atom stereocenters. The fourth-order valence-electron chi connectivity index (χ4n) is 4.48. The summed E-state index contributed by atoms with van der Waals surface area (Å²) in [4.78, 5) is 0. The molecule has 0 saturated heterocycles. The zero-order chi connectivity index (χ0) is 41.7. The minimum Gasteiger partial charge on any atom is -0.546 e. The van der Waals surface area contributed by atoms with Gasteiger partial charge >= 0.3 is 21.7 Å². The molecule has 0 fully saturated rings. The molecule has 0 bridgehead atoms. The quantitative estimate of drug-likeness (QED) is 0.0509. The molecule has 6 nitrogen and oxygen atoms in total. The molecule has 316 valence electrons. The Kier molecular flexibility index (Phi) is 31.2. The minimum atomic E-state index is -1.01. The first-order valence-corrected chi connectivity index (χ1v) is 26.6. The predicted octanol–water partition coefficient (Wildman–Crippen LogP) is 11.1. The van der Waals surface area contributed by atoms with Gasteiger partial charge in [-0.25, -0.2) is 40.1 Å². The molecule has 0 spiro atoms. The molecule has 57 heavy (non-hydrogen) atoms. The van der Waals surface area contributed by atoms with Crippen molar-refractivity contribution < 1.29 is 67.7 Å². The van der Waals surface area contributed by atoms with Crippen LogP contribution in [0.25, 0.3) is 0 Å². The Morgan fingerprint density at radius 1 is 0.509 bits per heavy atom. The summed E-state index contributed by atoms with van der Waals surface area (Å²) in [6, 6.07) is 8.46. The van der Waals surface area contributed by atoms with Gasteiger partial charge in [0.1, 0.15) is 0 Å². The van der Waals surface area contributed by atoms with Crippen LogP contribution in [-0.4, -0.2) is 82.2 Å². The number of hydrogen-bond donors (Lipinski definition) is 0. The van der Waals surface area contributed by atoms with Crippen LogP contribution in [-0.2, 0) is 40.7 Å². The summed E-state index contributed by atoms with van der Waals surface area (Å²) in [5.41, 5.74) is 0. The summed E-state index contributed by atoms with van der Waals surface area (Å²) in [6.07, 6.45) is 21.9. The predicted molar refractivity (Wildman–Crippen MR) is 222 cm³/mol. The Morgan fingerprint density at radius 2 is 0.842 bits per heavy atom. The van der Waals surface area contributed by atoms with Gasteiger partial charge in [-0.2, -0.15) is 12.2 Å². The SMILES string of the molecule is CCCCOCCOCCOc1ccc(F)[c-]c1F.CCCCOCCOCCOc1ccc(F)[c-]c1F.C[Si](C)(C)C1=[C-]CC=C1.C[Si](C)(C)C1=[C-]CC=C1.[Ti+4]. The van der Waals surface area contributed by atoms with E-state index in [1.807, 2.05) is 12.1 Å². The van der Waals surface area contributed by atoms with E-state index in [9.17, 15) is 17.6 Å². The number of rotatable bonds is 22. The maximum atomic E-state index is 13.1. The van der Waals surface area contributed by atoms with Gasteiger partial charge in [-0.05, 0) is 12.8 Å².